The Kier molecular flexibility index (Phi) is 4.26. The SMILES string of the molecule is COc1ccc(CC2(CNC(C)(C)C)CC2)cc1Br. The van der Waals surface area contributed by atoms with E-state index in [1.807, 2.05) is 6.07 Å². The summed E-state index contributed by atoms with van der Waals surface area (Å²) in [4.78, 5) is 0. The Morgan fingerprint density at radius 2 is 2.00 bits per heavy atom. The molecule has 0 aromatic heterocycles. The van der Waals surface area contributed by atoms with Crippen LogP contribution in [0, 0.1) is 5.41 Å². The Balaban J connectivity index is 1.99. The molecule has 2 nitrogen and oxygen atoms in total. The molecule has 1 aliphatic rings. The molecular weight excluding hydrogens is 302 g/mol. The molecule has 1 aromatic rings. The molecule has 106 valence electrons. The summed E-state index contributed by atoms with van der Waals surface area (Å²) >= 11 is 3.57. The molecule has 1 N–H and O–H groups in total. The molecule has 1 saturated carbocycles. The minimum atomic E-state index is 0.204. The van der Waals surface area contributed by atoms with Crippen molar-refractivity contribution in [3.8, 4) is 5.75 Å². The molecule has 0 spiro atoms. The van der Waals surface area contributed by atoms with Gasteiger partial charge in [0, 0.05) is 12.1 Å². The van der Waals surface area contributed by atoms with Crippen LogP contribution in [0.5, 0.6) is 5.75 Å². The van der Waals surface area contributed by atoms with Gasteiger partial charge in [-0.3, -0.25) is 0 Å². The van der Waals surface area contributed by atoms with Crippen LogP contribution in [0.15, 0.2) is 22.7 Å². The zero-order valence-electron chi connectivity index (χ0n) is 12.3. The fourth-order valence-electron chi connectivity index (χ4n) is 2.30. The maximum atomic E-state index is 5.28. The van der Waals surface area contributed by atoms with Gasteiger partial charge in [0.05, 0.1) is 11.6 Å². The van der Waals surface area contributed by atoms with Crippen molar-refractivity contribution in [2.24, 2.45) is 5.41 Å². The van der Waals surface area contributed by atoms with Gasteiger partial charge < -0.3 is 10.1 Å². The number of hydrogen-bond donors (Lipinski definition) is 1. The van der Waals surface area contributed by atoms with Crippen molar-refractivity contribution in [3.63, 3.8) is 0 Å². The standard InChI is InChI=1S/C16H24BrNO/c1-15(2,3)18-11-16(7-8-16)10-12-5-6-14(19-4)13(17)9-12/h5-6,9,18H,7-8,10-11H2,1-4H3. The van der Waals surface area contributed by atoms with E-state index in [2.05, 4.69) is 54.2 Å². The van der Waals surface area contributed by atoms with Gasteiger partial charge >= 0.3 is 0 Å². The van der Waals surface area contributed by atoms with Crippen LogP contribution in [0.2, 0.25) is 0 Å². The molecule has 19 heavy (non-hydrogen) atoms. The fourth-order valence-corrected chi connectivity index (χ4v) is 2.89. The second-order valence-electron chi connectivity index (χ2n) is 6.75. The summed E-state index contributed by atoms with van der Waals surface area (Å²) in [5, 5.41) is 3.65. The van der Waals surface area contributed by atoms with E-state index in [4.69, 9.17) is 4.74 Å². The van der Waals surface area contributed by atoms with Crippen LogP contribution in [0.1, 0.15) is 39.2 Å². The van der Waals surface area contributed by atoms with E-state index in [-0.39, 0.29) is 5.54 Å². The number of rotatable bonds is 5. The van der Waals surface area contributed by atoms with Gasteiger partial charge in [0.1, 0.15) is 5.75 Å². The number of nitrogens with one attached hydrogen (secondary N) is 1. The quantitative estimate of drug-likeness (QED) is 0.877. The highest BCUT2D eigenvalue weighted by atomic mass is 79.9. The summed E-state index contributed by atoms with van der Waals surface area (Å²) in [6.07, 6.45) is 3.82. The minimum absolute atomic E-state index is 0.204. The van der Waals surface area contributed by atoms with E-state index in [0.29, 0.717) is 5.41 Å². The first-order valence-electron chi connectivity index (χ1n) is 6.91. The van der Waals surface area contributed by atoms with Crippen molar-refractivity contribution in [1.82, 2.24) is 5.32 Å². The van der Waals surface area contributed by atoms with E-state index in [1.165, 1.54) is 18.4 Å². The van der Waals surface area contributed by atoms with Crippen LogP contribution in [0.3, 0.4) is 0 Å². The third-order valence-electron chi connectivity index (χ3n) is 3.75. The number of halogens is 1. The maximum Gasteiger partial charge on any atom is 0.133 e. The molecule has 0 heterocycles. The van der Waals surface area contributed by atoms with Crippen LogP contribution in [-0.2, 0) is 6.42 Å². The Morgan fingerprint density at radius 3 is 2.47 bits per heavy atom. The molecule has 3 heteroatoms. The predicted octanol–water partition coefficient (Wildman–Crippen LogP) is 4.17. The lowest BCUT2D eigenvalue weighted by Gasteiger charge is -2.25. The minimum Gasteiger partial charge on any atom is -0.496 e. The molecule has 2 rings (SSSR count). The van der Waals surface area contributed by atoms with Gasteiger partial charge in [-0.25, -0.2) is 0 Å². The lowest BCUT2D eigenvalue weighted by atomic mass is 9.95. The van der Waals surface area contributed by atoms with Gasteiger partial charge in [0.15, 0.2) is 0 Å². The van der Waals surface area contributed by atoms with Gasteiger partial charge in [0.2, 0.25) is 0 Å². The van der Waals surface area contributed by atoms with E-state index in [9.17, 15) is 0 Å². The summed E-state index contributed by atoms with van der Waals surface area (Å²) in [7, 11) is 1.70. The molecule has 1 aromatic carbocycles. The van der Waals surface area contributed by atoms with Crippen molar-refractivity contribution in [2.45, 2.75) is 45.6 Å². The maximum absolute atomic E-state index is 5.28. The normalized spacial score (nSPS) is 17.3. The average Bonchev–Trinajstić information content (AvgIpc) is 3.07. The molecule has 0 saturated heterocycles. The fraction of sp³-hybridized carbons (Fsp3) is 0.625. The third-order valence-corrected chi connectivity index (χ3v) is 4.37. The smallest absolute Gasteiger partial charge is 0.133 e. The van der Waals surface area contributed by atoms with E-state index in [1.54, 1.807) is 7.11 Å². The number of ether oxygens (including phenoxy) is 1. The molecule has 1 aliphatic carbocycles. The Bertz CT molecular complexity index is 447. The van der Waals surface area contributed by atoms with Crippen LogP contribution in [0.4, 0.5) is 0 Å². The molecule has 0 bridgehead atoms. The first-order valence-corrected chi connectivity index (χ1v) is 7.70. The molecule has 0 atom stereocenters. The summed E-state index contributed by atoms with van der Waals surface area (Å²) < 4.78 is 6.33. The van der Waals surface area contributed by atoms with Crippen LogP contribution >= 0.6 is 15.9 Å². The third kappa shape index (κ3) is 4.22. The number of hydrogen-bond acceptors (Lipinski definition) is 2. The van der Waals surface area contributed by atoms with Gasteiger partial charge in [-0.1, -0.05) is 6.07 Å². The number of benzene rings is 1. The zero-order valence-corrected chi connectivity index (χ0v) is 13.9. The molecule has 1 fully saturated rings. The van der Waals surface area contributed by atoms with Crippen molar-refractivity contribution in [2.75, 3.05) is 13.7 Å². The van der Waals surface area contributed by atoms with Crippen LogP contribution in [-0.4, -0.2) is 19.2 Å². The van der Waals surface area contributed by atoms with Crippen molar-refractivity contribution in [1.29, 1.82) is 0 Å². The average molecular weight is 326 g/mol. The van der Waals surface area contributed by atoms with E-state index >= 15 is 0 Å². The monoisotopic (exact) mass is 325 g/mol. The summed E-state index contributed by atoms with van der Waals surface area (Å²) in [6.45, 7) is 7.80. The van der Waals surface area contributed by atoms with E-state index < -0.39 is 0 Å². The topological polar surface area (TPSA) is 21.3 Å². The second kappa shape index (κ2) is 5.45. The van der Waals surface area contributed by atoms with Crippen LogP contribution < -0.4 is 10.1 Å². The van der Waals surface area contributed by atoms with Gasteiger partial charge in [-0.05, 0) is 79.1 Å². The Morgan fingerprint density at radius 1 is 1.32 bits per heavy atom. The summed E-state index contributed by atoms with van der Waals surface area (Å²) in [5.41, 5.74) is 2.07. The zero-order chi connectivity index (χ0) is 14.1. The highest BCUT2D eigenvalue weighted by Crippen LogP contribution is 2.48. The molecular formula is C16H24BrNO. The second-order valence-corrected chi connectivity index (χ2v) is 7.60. The van der Waals surface area contributed by atoms with Gasteiger partial charge in [-0.15, -0.1) is 0 Å². The summed E-state index contributed by atoms with van der Waals surface area (Å²) in [5.74, 6) is 0.904. The van der Waals surface area contributed by atoms with Crippen molar-refractivity contribution < 1.29 is 4.74 Å². The first kappa shape index (κ1) is 14.9. The highest BCUT2D eigenvalue weighted by Gasteiger charge is 2.42. The summed E-state index contributed by atoms with van der Waals surface area (Å²) in [6, 6.07) is 6.42. The molecule has 0 radical (unpaired) electrons. The molecule has 0 unspecified atom stereocenters. The Hall–Kier alpha value is -0.540. The van der Waals surface area contributed by atoms with E-state index in [0.717, 1.165) is 23.2 Å². The lowest BCUT2D eigenvalue weighted by molar-refractivity contribution is 0.356. The number of methoxy groups -OCH3 is 1. The van der Waals surface area contributed by atoms with Crippen molar-refractivity contribution >= 4 is 15.9 Å². The lowest BCUT2D eigenvalue weighted by Crippen LogP contribution is -2.40. The Labute approximate surface area is 125 Å². The largest absolute Gasteiger partial charge is 0.496 e. The van der Waals surface area contributed by atoms with Gasteiger partial charge in [0.25, 0.3) is 0 Å². The van der Waals surface area contributed by atoms with Crippen molar-refractivity contribution in [3.05, 3.63) is 28.2 Å². The molecule has 0 aliphatic heterocycles. The first-order chi connectivity index (χ1) is 8.84. The van der Waals surface area contributed by atoms with Crippen LogP contribution in [0.25, 0.3) is 0 Å². The predicted molar refractivity (Wildman–Crippen MR) is 83.8 cm³/mol. The van der Waals surface area contributed by atoms with Gasteiger partial charge in [-0.2, -0.15) is 0 Å². The highest BCUT2D eigenvalue weighted by molar-refractivity contribution is 9.10. The molecule has 0 amide bonds.